The molecule has 1 fully saturated rings. The summed E-state index contributed by atoms with van der Waals surface area (Å²) in [7, 11) is 0. The van der Waals surface area contributed by atoms with Gasteiger partial charge in [-0.1, -0.05) is 19.1 Å². The van der Waals surface area contributed by atoms with Crippen molar-refractivity contribution >= 4 is 11.9 Å². The van der Waals surface area contributed by atoms with Crippen molar-refractivity contribution in [3.05, 3.63) is 29.8 Å². The third-order valence-electron chi connectivity index (χ3n) is 3.97. The van der Waals surface area contributed by atoms with Gasteiger partial charge in [0, 0.05) is 18.6 Å². The van der Waals surface area contributed by atoms with E-state index < -0.39 is 0 Å². The van der Waals surface area contributed by atoms with Gasteiger partial charge in [-0.15, -0.1) is 0 Å². The van der Waals surface area contributed by atoms with Crippen molar-refractivity contribution in [2.45, 2.75) is 58.7 Å². The van der Waals surface area contributed by atoms with Crippen molar-refractivity contribution in [3.8, 4) is 5.75 Å². The average Bonchev–Trinajstić information content (AvgIpc) is 3.42. The fourth-order valence-corrected chi connectivity index (χ4v) is 2.21. The second-order valence-electron chi connectivity index (χ2n) is 6.43. The van der Waals surface area contributed by atoms with Gasteiger partial charge in [-0.2, -0.15) is 0 Å². The van der Waals surface area contributed by atoms with Gasteiger partial charge in [-0.05, 0) is 50.8 Å². The van der Waals surface area contributed by atoms with E-state index in [1.807, 2.05) is 24.3 Å². The fraction of sp³-hybridized carbons (Fsp3) is 0.579. The quantitative estimate of drug-likeness (QED) is 0.473. The Bertz CT molecular complexity index is 585. The van der Waals surface area contributed by atoms with Crippen LogP contribution in [0, 0.1) is 0 Å². The molecule has 1 aromatic rings. The molecule has 1 amide bonds. The third kappa shape index (κ3) is 7.45. The first-order chi connectivity index (χ1) is 12.1. The Kier molecular flexibility index (Phi) is 7.57. The van der Waals surface area contributed by atoms with Gasteiger partial charge in [0.15, 0.2) is 12.6 Å². The molecule has 0 heterocycles. The Morgan fingerprint density at radius 1 is 1.36 bits per heavy atom. The maximum atomic E-state index is 11.7. The lowest BCUT2D eigenvalue weighted by Gasteiger charge is -2.16. The van der Waals surface area contributed by atoms with Crippen molar-refractivity contribution in [3.63, 3.8) is 0 Å². The van der Waals surface area contributed by atoms with E-state index in [1.54, 1.807) is 0 Å². The molecule has 0 aliphatic heterocycles. The van der Waals surface area contributed by atoms with Crippen molar-refractivity contribution in [1.29, 1.82) is 0 Å². The zero-order valence-electron chi connectivity index (χ0n) is 15.5. The normalized spacial score (nSPS) is 15.4. The largest absolute Gasteiger partial charge is 0.484 e. The van der Waals surface area contributed by atoms with Gasteiger partial charge in [0.25, 0.3) is 5.91 Å². The van der Waals surface area contributed by atoms with E-state index in [0.29, 0.717) is 24.4 Å². The predicted molar refractivity (Wildman–Crippen MR) is 101 cm³/mol. The smallest absolute Gasteiger partial charge is 0.258 e. The van der Waals surface area contributed by atoms with E-state index in [1.165, 1.54) is 0 Å². The summed E-state index contributed by atoms with van der Waals surface area (Å²) in [5.74, 6) is 1.45. The molecule has 0 saturated heterocycles. The van der Waals surface area contributed by atoms with Crippen LogP contribution in [0.15, 0.2) is 29.3 Å². The molecule has 1 aliphatic rings. The molecule has 3 N–H and O–H groups in total. The summed E-state index contributed by atoms with van der Waals surface area (Å²) < 4.78 is 5.58. The Balaban J connectivity index is 1.87. The molecule has 138 valence electrons. The first kappa shape index (κ1) is 19.1. The molecule has 2 rings (SSSR count). The monoisotopic (exact) mass is 346 g/mol. The molecule has 1 aromatic carbocycles. The Morgan fingerprint density at radius 2 is 2.16 bits per heavy atom. The second-order valence-corrected chi connectivity index (χ2v) is 6.43. The lowest BCUT2D eigenvalue weighted by Crippen LogP contribution is -2.41. The number of carbonyl (C=O) groups is 1. The summed E-state index contributed by atoms with van der Waals surface area (Å²) in [6.45, 7) is 7.75. The standard InChI is InChI=1S/C19H30N4O2/c1-4-14(3)22-19(20-5-2)21-12-15-7-6-8-17(11-15)25-13-18(24)23-16-9-10-16/h6-8,11,14,16H,4-5,9-10,12-13H2,1-3H3,(H,23,24)(H2,20,21,22). The Hall–Kier alpha value is -2.24. The van der Waals surface area contributed by atoms with Crippen LogP contribution in [0.2, 0.25) is 0 Å². The number of rotatable bonds is 9. The van der Waals surface area contributed by atoms with Crippen LogP contribution in [0.1, 0.15) is 45.6 Å². The van der Waals surface area contributed by atoms with Crippen LogP contribution < -0.4 is 20.7 Å². The van der Waals surface area contributed by atoms with Crippen LogP contribution in [-0.4, -0.2) is 37.1 Å². The summed E-state index contributed by atoms with van der Waals surface area (Å²) in [6, 6.07) is 8.46. The maximum absolute atomic E-state index is 11.7. The number of aliphatic imine (C=N–C) groups is 1. The zero-order chi connectivity index (χ0) is 18.1. The van der Waals surface area contributed by atoms with Crippen molar-refractivity contribution < 1.29 is 9.53 Å². The SMILES string of the molecule is CCNC(=NCc1cccc(OCC(=O)NC2CC2)c1)NC(C)CC. The van der Waals surface area contributed by atoms with Crippen LogP contribution in [-0.2, 0) is 11.3 Å². The van der Waals surface area contributed by atoms with Crippen LogP contribution in [0.4, 0.5) is 0 Å². The molecule has 1 aliphatic carbocycles. The number of hydrogen-bond donors (Lipinski definition) is 3. The van der Waals surface area contributed by atoms with Crippen molar-refractivity contribution in [1.82, 2.24) is 16.0 Å². The minimum absolute atomic E-state index is 0.0570. The number of guanidine groups is 1. The summed E-state index contributed by atoms with van der Waals surface area (Å²) >= 11 is 0. The number of amides is 1. The van der Waals surface area contributed by atoms with Crippen molar-refractivity contribution in [2.75, 3.05) is 13.2 Å². The maximum Gasteiger partial charge on any atom is 0.258 e. The van der Waals surface area contributed by atoms with Crippen molar-refractivity contribution in [2.24, 2.45) is 4.99 Å². The highest BCUT2D eigenvalue weighted by atomic mass is 16.5. The molecule has 1 unspecified atom stereocenters. The number of nitrogens with zero attached hydrogens (tertiary/aromatic N) is 1. The van der Waals surface area contributed by atoms with Crippen LogP contribution >= 0.6 is 0 Å². The lowest BCUT2D eigenvalue weighted by atomic mass is 10.2. The molecule has 6 heteroatoms. The molecule has 0 bridgehead atoms. The third-order valence-corrected chi connectivity index (χ3v) is 3.97. The minimum Gasteiger partial charge on any atom is -0.484 e. The Labute approximate surface area is 150 Å². The molecule has 6 nitrogen and oxygen atoms in total. The minimum atomic E-state index is -0.0573. The lowest BCUT2D eigenvalue weighted by molar-refractivity contribution is -0.123. The molecular weight excluding hydrogens is 316 g/mol. The van der Waals surface area contributed by atoms with Gasteiger partial charge in [-0.25, -0.2) is 4.99 Å². The van der Waals surface area contributed by atoms with Gasteiger partial charge in [0.2, 0.25) is 0 Å². The van der Waals surface area contributed by atoms with E-state index >= 15 is 0 Å². The number of hydrogen-bond acceptors (Lipinski definition) is 3. The van der Waals surface area contributed by atoms with E-state index in [0.717, 1.165) is 37.3 Å². The first-order valence-electron chi connectivity index (χ1n) is 9.16. The number of carbonyl (C=O) groups excluding carboxylic acids is 1. The summed E-state index contributed by atoms with van der Waals surface area (Å²) in [5, 5.41) is 9.54. The molecule has 25 heavy (non-hydrogen) atoms. The van der Waals surface area contributed by atoms with Gasteiger partial charge >= 0.3 is 0 Å². The van der Waals surface area contributed by atoms with E-state index in [2.05, 4.69) is 41.7 Å². The molecule has 0 spiro atoms. The van der Waals surface area contributed by atoms with E-state index in [4.69, 9.17) is 4.74 Å². The molecule has 0 radical (unpaired) electrons. The van der Waals surface area contributed by atoms with Gasteiger partial charge < -0.3 is 20.7 Å². The average molecular weight is 346 g/mol. The molecule has 1 atom stereocenters. The molecule has 0 aromatic heterocycles. The summed E-state index contributed by atoms with van der Waals surface area (Å²) in [5.41, 5.74) is 1.04. The van der Waals surface area contributed by atoms with Gasteiger partial charge in [0.1, 0.15) is 5.75 Å². The summed E-state index contributed by atoms with van der Waals surface area (Å²) in [4.78, 5) is 16.3. The van der Waals surface area contributed by atoms with Crippen LogP contribution in [0.3, 0.4) is 0 Å². The highest BCUT2D eigenvalue weighted by Crippen LogP contribution is 2.18. The van der Waals surface area contributed by atoms with Crippen LogP contribution in [0.25, 0.3) is 0 Å². The highest BCUT2D eigenvalue weighted by molar-refractivity contribution is 5.80. The fourth-order valence-electron chi connectivity index (χ4n) is 2.21. The first-order valence-corrected chi connectivity index (χ1v) is 9.16. The molecule has 1 saturated carbocycles. The van der Waals surface area contributed by atoms with E-state index in [-0.39, 0.29) is 12.5 Å². The highest BCUT2D eigenvalue weighted by Gasteiger charge is 2.23. The number of nitrogens with one attached hydrogen (secondary N) is 3. The Morgan fingerprint density at radius 3 is 2.84 bits per heavy atom. The summed E-state index contributed by atoms with van der Waals surface area (Å²) in [6.07, 6.45) is 3.20. The number of ether oxygens (including phenoxy) is 1. The number of benzene rings is 1. The molecular formula is C19H30N4O2. The second kappa shape index (κ2) is 9.91. The topological polar surface area (TPSA) is 74.8 Å². The zero-order valence-corrected chi connectivity index (χ0v) is 15.5. The van der Waals surface area contributed by atoms with Gasteiger partial charge in [-0.3, -0.25) is 4.79 Å². The van der Waals surface area contributed by atoms with Gasteiger partial charge in [0.05, 0.1) is 6.54 Å². The predicted octanol–water partition coefficient (Wildman–Crippen LogP) is 2.20. The van der Waals surface area contributed by atoms with Crippen LogP contribution in [0.5, 0.6) is 5.75 Å². The van der Waals surface area contributed by atoms with E-state index in [9.17, 15) is 4.79 Å².